The molecule has 4 amide bonds. The summed E-state index contributed by atoms with van der Waals surface area (Å²) in [5, 5.41) is 4.00. The predicted octanol–water partition coefficient (Wildman–Crippen LogP) is 0.875. The molecule has 0 radical (unpaired) electrons. The lowest BCUT2D eigenvalue weighted by Crippen LogP contribution is -2.51. The monoisotopic (exact) mass is 277 g/mol. The van der Waals surface area contributed by atoms with Crippen LogP contribution in [0.3, 0.4) is 0 Å². The van der Waals surface area contributed by atoms with Crippen molar-refractivity contribution in [3.8, 4) is 0 Å². The first-order chi connectivity index (χ1) is 9.55. The van der Waals surface area contributed by atoms with Gasteiger partial charge in [0.2, 0.25) is 0 Å². The molecule has 0 saturated carbocycles. The van der Waals surface area contributed by atoms with Crippen LogP contribution in [0.5, 0.6) is 0 Å². The lowest BCUT2D eigenvalue weighted by atomic mass is 10.1. The van der Waals surface area contributed by atoms with Gasteiger partial charge in [0.1, 0.15) is 11.3 Å². The number of barbiturate groups is 1. The number of nitrogens with one attached hydrogen (secondary N) is 2. The standard InChI is InChI=1S/C13H15N3O4/c1-3-16(4-2)10-6-5-8(20-10)7-9-11(17)14-13(19)15-12(9)18/h5-7H,3-4H2,1-2H3,(H2,14,15,17,18,19). The van der Waals surface area contributed by atoms with Gasteiger partial charge in [0.25, 0.3) is 11.8 Å². The Morgan fingerprint density at radius 1 is 1.10 bits per heavy atom. The molecule has 0 aliphatic carbocycles. The Morgan fingerprint density at radius 2 is 1.70 bits per heavy atom. The van der Waals surface area contributed by atoms with Gasteiger partial charge in [-0.2, -0.15) is 0 Å². The molecule has 1 fully saturated rings. The number of urea groups is 1. The first-order valence-electron chi connectivity index (χ1n) is 6.28. The van der Waals surface area contributed by atoms with E-state index in [-0.39, 0.29) is 5.57 Å². The van der Waals surface area contributed by atoms with Crippen LogP contribution >= 0.6 is 0 Å². The number of furan rings is 1. The molecule has 0 bridgehead atoms. The Bertz CT molecular complexity index is 562. The molecule has 0 spiro atoms. The van der Waals surface area contributed by atoms with Crippen molar-refractivity contribution in [2.75, 3.05) is 18.0 Å². The first-order valence-corrected chi connectivity index (χ1v) is 6.28. The molecule has 7 nitrogen and oxygen atoms in total. The van der Waals surface area contributed by atoms with Crippen LogP contribution in [0.1, 0.15) is 19.6 Å². The fourth-order valence-corrected chi connectivity index (χ4v) is 1.87. The second-order valence-corrected chi connectivity index (χ2v) is 4.14. The minimum Gasteiger partial charge on any atom is -0.441 e. The van der Waals surface area contributed by atoms with Gasteiger partial charge < -0.3 is 9.32 Å². The van der Waals surface area contributed by atoms with Gasteiger partial charge in [-0.1, -0.05) is 0 Å². The van der Waals surface area contributed by atoms with Crippen LogP contribution in [0.2, 0.25) is 0 Å². The number of carbonyl (C=O) groups is 3. The van der Waals surface area contributed by atoms with Crippen molar-refractivity contribution >= 4 is 29.8 Å². The number of rotatable bonds is 4. The van der Waals surface area contributed by atoms with Crippen LogP contribution in [0.15, 0.2) is 22.1 Å². The number of anilines is 1. The summed E-state index contributed by atoms with van der Waals surface area (Å²) in [6, 6.07) is 2.61. The lowest BCUT2D eigenvalue weighted by Gasteiger charge is -2.16. The van der Waals surface area contributed by atoms with Gasteiger partial charge in [-0.05, 0) is 26.0 Å². The van der Waals surface area contributed by atoms with Crippen LogP contribution in [-0.4, -0.2) is 30.9 Å². The summed E-state index contributed by atoms with van der Waals surface area (Å²) in [7, 11) is 0. The number of hydrogen-bond donors (Lipinski definition) is 2. The largest absolute Gasteiger partial charge is 0.441 e. The molecule has 2 N–H and O–H groups in total. The van der Waals surface area contributed by atoms with Gasteiger partial charge in [-0.25, -0.2) is 4.79 Å². The van der Waals surface area contributed by atoms with E-state index in [9.17, 15) is 14.4 Å². The molecule has 106 valence electrons. The fourth-order valence-electron chi connectivity index (χ4n) is 1.87. The third kappa shape index (κ3) is 2.71. The molecule has 20 heavy (non-hydrogen) atoms. The summed E-state index contributed by atoms with van der Waals surface area (Å²) in [6.07, 6.45) is 1.31. The molecule has 2 rings (SSSR count). The number of hydrogen-bond acceptors (Lipinski definition) is 5. The van der Waals surface area contributed by atoms with Crippen molar-refractivity contribution in [1.29, 1.82) is 0 Å². The second-order valence-electron chi connectivity index (χ2n) is 4.14. The van der Waals surface area contributed by atoms with E-state index in [1.807, 2.05) is 29.4 Å². The van der Waals surface area contributed by atoms with Crippen LogP contribution < -0.4 is 15.5 Å². The maximum Gasteiger partial charge on any atom is 0.328 e. The van der Waals surface area contributed by atoms with Crippen molar-refractivity contribution < 1.29 is 18.8 Å². The molecule has 1 aromatic rings. The third-order valence-electron chi connectivity index (χ3n) is 2.92. The highest BCUT2D eigenvalue weighted by atomic mass is 16.4. The molecule has 0 atom stereocenters. The highest BCUT2D eigenvalue weighted by Crippen LogP contribution is 2.20. The van der Waals surface area contributed by atoms with Crippen LogP contribution in [0.25, 0.3) is 6.08 Å². The number of amides is 4. The Labute approximate surface area is 115 Å². The second kappa shape index (κ2) is 5.60. The molecular weight excluding hydrogens is 262 g/mol. The van der Waals surface area contributed by atoms with Crippen molar-refractivity contribution in [1.82, 2.24) is 10.6 Å². The van der Waals surface area contributed by atoms with Crippen molar-refractivity contribution in [3.05, 3.63) is 23.5 Å². The van der Waals surface area contributed by atoms with Gasteiger partial charge >= 0.3 is 6.03 Å². The Kier molecular flexibility index (Phi) is 3.88. The van der Waals surface area contributed by atoms with Gasteiger partial charge in [0.15, 0.2) is 5.88 Å². The first kappa shape index (κ1) is 13.9. The molecule has 1 saturated heterocycles. The highest BCUT2D eigenvalue weighted by molar-refractivity contribution is 6.30. The zero-order chi connectivity index (χ0) is 14.7. The average Bonchev–Trinajstić information content (AvgIpc) is 2.84. The van der Waals surface area contributed by atoms with Crippen molar-refractivity contribution in [2.24, 2.45) is 0 Å². The lowest BCUT2D eigenvalue weighted by molar-refractivity contribution is -0.123. The third-order valence-corrected chi connectivity index (χ3v) is 2.92. The molecule has 0 unspecified atom stereocenters. The van der Waals surface area contributed by atoms with Gasteiger partial charge in [0.05, 0.1) is 0 Å². The predicted molar refractivity (Wildman–Crippen MR) is 71.9 cm³/mol. The Balaban J connectivity index is 2.24. The van der Waals surface area contributed by atoms with Crippen LogP contribution in [0.4, 0.5) is 10.7 Å². The zero-order valence-electron chi connectivity index (χ0n) is 11.2. The van der Waals surface area contributed by atoms with Crippen LogP contribution in [0, 0.1) is 0 Å². The molecule has 1 aliphatic rings. The number of carbonyl (C=O) groups excluding carboxylic acids is 3. The molecule has 1 aromatic heterocycles. The topological polar surface area (TPSA) is 91.7 Å². The van der Waals surface area contributed by atoms with E-state index in [4.69, 9.17) is 4.42 Å². The van der Waals surface area contributed by atoms with Crippen molar-refractivity contribution in [3.63, 3.8) is 0 Å². The van der Waals surface area contributed by atoms with E-state index in [0.717, 1.165) is 13.1 Å². The number of nitrogens with zero attached hydrogens (tertiary/aromatic N) is 1. The van der Waals surface area contributed by atoms with Crippen molar-refractivity contribution in [2.45, 2.75) is 13.8 Å². The minimum atomic E-state index is -0.819. The molecule has 1 aliphatic heterocycles. The molecular formula is C13H15N3O4. The quantitative estimate of drug-likeness (QED) is 0.629. The summed E-state index contributed by atoms with van der Waals surface area (Å²) in [6.45, 7) is 5.57. The smallest absolute Gasteiger partial charge is 0.328 e. The Hall–Kier alpha value is -2.57. The summed E-state index contributed by atoms with van der Waals surface area (Å²) < 4.78 is 5.56. The highest BCUT2D eigenvalue weighted by Gasteiger charge is 2.28. The normalized spacial score (nSPS) is 14.9. The average molecular weight is 277 g/mol. The maximum absolute atomic E-state index is 11.6. The van der Waals surface area contributed by atoms with E-state index >= 15 is 0 Å². The molecule has 7 heteroatoms. The number of imide groups is 2. The van der Waals surface area contributed by atoms with Crippen LogP contribution in [-0.2, 0) is 9.59 Å². The minimum absolute atomic E-state index is 0.162. The van der Waals surface area contributed by atoms with Gasteiger partial charge in [-0.15, -0.1) is 0 Å². The SMILES string of the molecule is CCN(CC)c1ccc(C=C2C(=O)NC(=O)NC2=O)o1. The van der Waals surface area contributed by atoms with E-state index in [1.54, 1.807) is 12.1 Å². The summed E-state index contributed by atoms with van der Waals surface area (Å²) in [4.78, 5) is 36.0. The molecule has 0 aromatic carbocycles. The summed E-state index contributed by atoms with van der Waals surface area (Å²) in [5.41, 5.74) is -0.162. The molecule has 2 heterocycles. The summed E-state index contributed by atoms with van der Waals surface area (Å²) in [5.74, 6) is -0.435. The Morgan fingerprint density at radius 3 is 2.25 bits per heavy atom. The maximum atomic E-state index is 11.6. The summed E-state index contributed by atoms with van der Waals surface area (Å²) >= 11 is 0. The van der Waals surface area contributed by atoms with E-state index in [0.29, 0.717) is 11.6 Å². The van der Waals surface area contributed by atoms with Gasteiger partial charge in [0, 0.05) is 19.2 Å². The van der Waals surface area contributed by atoms with E-state index in [1.165, 1.54) is 6.08 Å². The van der Waals surface area contributed by atoms with Gasteiger partial charge in [-0.3, -0.25) is 20.2 Å². The fraction of sp³-hybridized carbons (Fsp3) is 0.308. The van der Waals surface area contributed by atoms with E-state index in [2.05, 4.69) is 0 Å². The zero-order valence-corrected chi connectivity index (χ0v) is 11.2. The van der Waals surface area contributed by atoms with E-state index < -0.39 is 17.8 Å².